The first-order valence-corrected chi connectivity index (χ1v) is 9.25. The molecule has 136 valence electrons. The lowest BCUT2D eigenvalue weighted by Gasteiger charge is -2.47. The van der Waals surface area contributed by atoms with Gasteiger partial charge in [0.1, 0.15) is 12.9 Å². The molecule has 9 nitrogen and oxygen atoms in total. The number of amides is 2. The van der Waals surface area contributed by atoms with Gasteiger partial charge in [-0.1, -0.05) is 12.8 Å². The second kappa shape index (κ2) is 7.07. The third-order valence-electron chi connectivity index (χ3n) is 5.77. The maximum Gasteiger partial charge on any atom is 0.244 e. The lowest BCUT2D eigenvalue weighted by molar-refractivity contribution is -0.148. The summed E-state index contributed by atoms with van der Waals surface area (Å²) in [6.07, 6.45) is 7.49. The highest BCUT2D eigenvalue weighted by Gasteiger charge is 2.41. The molecule has 1 unspecified atom stereocenters. The number of rotatable bonds is 4. The Balaban J connectivity index is 1.26. The van der Waals surface area contributed by atoms with E-state index in [1.165, 1.54) is 36.7 Å². The zero-order chi connectivity index (χ0) is 17.2. The van der Waals surface area contributed by atoms with Crippen LogP contribution in [0.5, 0.6) is 0 Å². The quantitative estimate of drug-likeness (QED) is 0.720. The molecule has 1 atom stereocenters. The number of piperazine rings is 1. The molecule has 0 spiro atoms. The molecule has 0 N–H and O–H groups in total. The smallest absolute Gasteiger partial charge is 0.244 e. The van der Waals surface area contributed by atoms with Crippen molar-refractivity contribution in [3.63, 3.8) is 0 Å². The summed E-state index contributed by atoms with van der Waals surface area (Å²) < 4.78 is 1.42. The van der Waals surface area contributed by atoms with E-state index >= 15 is 0 Å². The van der Waals surface area contributed by atoms with Gasteiger partial charge in [0.15, 0.2) is 0 Å². The molecule has 2 aliphatic heterocycles. The van der Waals surface area contributed by atoms with E-state index in [0.29, 0.717) is 32.2 Å². The van der Waals surface area contributed by atoms with Crippen molar-refractivity contribution in [1.29, 1.82) is 0 Å². The van der Waals surface area contributed by atoms with Crippen molar-refractivity contribution >= 4 is 11.8 Å². The molecule has 1 saturated carbocycles. The molecule has 0 aromatic carbocycles. The van der Waals surface area contributed by atoms with E-state index in [1.54, 1.807) is 4.90 Å². The Kier molecular flexibility index (Phi) is 4.65. The van der Waals surface area contributed by atoms with Crippen LogP contribution in [0.2, 0.25) is 0 Å². The van der Waals surface area contributed by atoms with Gasteiger partial charge in [-0.15, -0.1) is 5.10 Å². The normalized spacial score (nSPS) is 25.2. The Morgan fingerprint density at radius 1 is 0.960 bits per heavy atom. The Morgan fingerprint density at radius 2 is 1.68 bits per heavy atom. The van der Waals surface area contributed by atoms with Crippen LogP contribution in [0.15, 0.2) is 6.33 Å². The van der Waals surface area contributed by atoms with Crippen LogP contribution in [0.3, 0.4) is 0 Å². The molecule has 2 saturated heterocycles. The van der Waals surface area contributed by atoms with Crippen molar-refractivity contribution in [1.82, 2.24) is 34.9 Å². The van der Waals surface area contributed by atoms with E-state index in [9.17, 15) is 9.59 Å². The lowest BCUT2D eigenvalue weighted by atomic mass is 9.97. The van der Waals surface area contributed by atoms with Gasteiger partial charge < -0.3 is 9.80 Å². The third kappa shape index (κ3) is 3.37. The average Bonchev–Trinajstić information content (AvgIpc) is 3.28. The molecule has 3 aliphatic rings. The molecule has 3 fully saturated rings. The molecule has 0 bridgehead atoms. The van der Waals surface area contributed by atoms with Gasteiger partial charge in [-0.2, -0.15) is 0 Å². The minimum absolute atomic E-state index is 0.00405. The summed E-state index contributed by atoms with van der Waals surface area (Å²) in [5.41, 5.74) is 0. The SMILES string of the molecule is O=C(Cn1cnnn1)N1CCN(C(=O)C2CCN2C2CCCC2)CC1. The predicted octanol–water partition coefficient (Wildman–Crippen LogP) is -0.639. The first kappa shape index (κ1) is 16.4. The molecule has 1 aromatic rings. The molecule has 1 aliphatic carbocycles. The largest absolute Gasteiger partial charge is 0.338 e. The number of hydrogen-bond acceptors (Lipinski definition) is 6. The summed E-state index contributed by atoms with van der Waals surface area (Å²) in [4.78, 5) is 31.2. The fourth-order valence-corrected chi connectivity index (χ4v) is 4.22. The fourth-order valence-electron chi connectivity index (χ4n) is 4.22. The van der Waals surface area contributed by atoms with E-state index in [-0.39, 0.29) is 24.4 Å². The van der Waals surface area contributed by atoms with Gasteiger partial charge in [-0.25, -0.2) is 4.68 Å². The van der Waals surface area contributed by atoms with E-state index < -0.39 is 0 Å². The number of likely N-dealkylation sites (tertiary alicyclic amines) is 1. The summed E-state index contributed by atoms with van der Waals surface area (Å²) in [6, 6.07) is 0.688. The summed E-state index contributed by atoms with van der Waals surface area (Å²) in [5.74, 6) is 0.251. The molecule has 2 amide bonds. The Morgan fingerprint density at radius 3 is 2.28 bits per heavy atom. The van der Waals surface area contributed by atoms with Gasteiger partial charge in [0.2, 0.25) is 11.8 Å². The van der Waals surface area contributed by atoms with Crippen LogP contribution in [0.4, 0.5) is 0 Å². The van der Waals surface area contributed by atoms with Crippen molar-refractivity contribution in [2.24, 2.45) is 0 Å². The van der Waals surface area contributed by atoms with Crippen molar-refractivity contribution in [2.75, 3.05) is 32.7 Å². The van der Waals surface area contributed by atoms with Crippen LogP contribution in [0, 0.1) is 0 Å². The first-order chi connectivity index (χ1) is 12.2. The maximum atomic E-state index is 12.8. The van der Waals surface area contributed by atoms with Gasteiger partial charge in [-0.3, -0.25) is 14.5 Å². The van der Waals surface area contributed by atoms with Gasteiger partial charge in [0.05, 0.1) is 6.04 Å². The number of hydrogen-bond donors (Lipinski definition) is 0. The van der Waals surface area contributed by atoms with Crippen LogP contribution >= 0.6 is 0 Å². The number of nitrogens with zero attached hydrogens (tertiary/aromatic N) is 7. The molecule has 3 heterocycles. The zero-order valence-corrected chi connectivity index (χ0v) is 14.5. The molecule has 9 heteroatoms. The molecule has 25 heavy (non-hydrogen) atoms. The van der Waals surface area contributed by atoms with Gasteiger partial charge in [-0.05, 0) is 29.7 Å². The number of tetrazole rings is 1. The second-order valence-corrected chi connectivity index (χ2v) is 7.19. The fraction of sp³-hybridized carbons (Fsp3) is 0.812. The summed E-state index contributed by atoms with van der Waals surface area (Å²) in [7, 11) is 0. The number of aromatic nitrogens is 4. The lowest BCUT2D eigenvalue weighted by Crippen LogP contribution is -2.62. The van der Waals surface area contributed by atoms with Crippen LogP contribution in [0.25, 0.3) is 0 Å². The van der Waals surface area contributed by atoms with Crippen LogP contribution in [-0.4, -0.2) is 91.5 Å². The van der Waals surface area contributed by atoms with E-state index in [0.717, 1.165) is 13.0 Å². The van der Waals surface area contributed by atoms with Crippen molar-refractivity contribution < 1.29 is 9.59 Å². The monoisotopic (exact) mass is 347 g/mol. The summed E-state index contributed by atoms with van der Waals surface area (Å²) in [5, 5.41) is 10.8. The Hall–Kier alpha value is -2.03. The van der Waals surface area contributed by atoms with Crippen LogP contribution in [0.1, 0.15) is 32.1 Å². The molecule has 1 aromatic heterocycles. The standard InChI is InChI=1S/C16H25N7O2/c24-15(11-22-12-17-18-19-22)20-7-9-21(10-8-20)16(25)14-5-6-23(14)13-3-1-2-4-13/h12-14H,1-11H2. The highest BCUT2D eigenvalue weighted by molar-refractivity contribution is 5.83. The van der Waals surface area contributed by atoms with Crippen molar-refractivity contribution in [3.8, 4) is 0 Å². The second-order valence-electron chi connectivity index (χ2n) is 7.19. The topological polar surface area (TPSA) is 87.5 Å². The Labute approximate surface area is 146 Å². The molecule has 0 radical (unpaired) electrons. The maximum absolute atomic E-state index is 12.8. The summed E-state index contributed by atoms with van der Waals surface area (Å²) >= 11 is 0. The Bertz CT molecular complexity index is 606. The number of carbonyl (C=O) groups excluding carboxylic acids is 2. The minimum atomic E-state index is -0.00405. The first-order valence-electron chi connectivity index (χ1n) is 9.25. The highest BCUT2D eigenvalue weighted by Crippen LogP contribution is 2.31. The van der Waals surface area contributed by atoms with E-state index in [2.05, 4.69) is 20.4 Å². The van der Waals surface area contributed by atoms with E-state index in [4.69, 9.17) is 0 Å². The predicted molar refractivity (Wildman–Crippen MR) is 88.3 cm³/mol. The molecular weight excluding hydrogens is 322 g/mol. The summed E-state index contributed by atoms with van der Waals surface area (Å²) in [6.45, 7) is 3.63. The minimum Gasteiger partial charge on any atom is -0.338 e. The van der Waals surface area contributed by atoms with Crippen molar-refractivity contribution in [3.05, 3.63) is 6.33 Å². The van der Waals surface area contributed by atoms with Crippen LogP contribution in [-0.2, 0) is 16.1 Å². The number of carbonyl (C=O) groups is 2. The van der Waals surface area contributed by atoms with Crippen LogP contribution < -0.4 is 0 Å². The van der Waals surface area contributed by atoms with Gasteiger partial charge >= 0.3 is 0 Å². The third-order valence-corrected chi connectivity index (χ3v) is 5.77. The van der Waals surface area contributed by atoms with E-state index in [1.807, 2.05) is 4.90 Å². The average molecular weight is 347 g/mol. The molecular formula is C16H25N7O2. The zero-order valence-electron chi connectivity index (χ0n) is 14.5. The molecule has 4 rings (SSSR count). The van der Waals surface area contributed by atoms with Crippen molar-refractivity contribution in [2.45, 2.75) is 50.7 Å². The highest BCUT2D eigenvalue weighted by atomic mass is 16.2. The van der Waals surface area contributed by atoms with Gasteiger partial charge in [0, 0.05) is 38.8 Å². The van der Waals surface area contributed by atoms with Gasteiger partial charge in [0.25, 0.3) is 0 Å².